The Kier molecular flexibility index (Phi) is 6.16. The fourth-order valence-electron chi connectivity index (χ4n) is 2.50. The van der Waals surface area contributed by atoms with Crippen LogP contribution in [-0.4, -0.2) is 47.0 Å². The molecular weight excluding hydrogens is 318 g/mol. The number of anilines is 1. The van der Waals surface area contributed by atoms with Crippen molar-refractivity contribution in [3.05, 3.63) is 48.0 Å². The van der Waals surface area contributed by atoms with E-state index in [1.807, 2.05) is 37.4 Å². The van der Waals surface area contributed by atoms with Crippen LogP contribution in [-0.2, 0) is 11.3 Å². The average Bonchev–Trinajstić information content (AvgIpc) is 3.00. The van der Waals surface area contributed by atoms with Crippen LogP contribution in [0.3, 0.4) is 0 Å². The van der Waals surface area contributed by atoms with Crippen molar-refractivity contribution in [3.63, 3.8) is 0 Å². The van der Waals surface area contributed by atoms with Crippen LogP contribution < -0.4 is 10.6 Å². The molecule has 1 aromatic heterocycles. The third kappa shape index (κ3) is 5.07. The van der Waals surface area contributed by atoms with Gasteiger partial charge in [-0.3, -0.25) is 4.79 Å². The van der Waals surface area contributed by atoms with E-state index in [0.717, 1.165) is 23.6 Å². The Morgan fingerprint density at radius 1 is 1.28 bits per heavy atom. The van der Waals surface area contributed by atoms with Gasteiger partial charge in [0.1, 0.15) is 5.82 Å². The molecule has 3 amide bonds. The third-order valence-electron chi connectivity index (χ3n) is 4.07. The minimum Gasteiger partial charge on any atom is -0.359 e. The van der Waals surface area contributed by atoms with Gasteiger partial charge in [-0.2, -0.15) is 0 Å². The lowest BCUT2D eigenvalue weighted by Crippen LogP contribution is -2.39. The van der Waals surface area contributed by atoms with Crippen molar-refractivity contribution in [2.75, 3.05) is 26.0 Å². The molecule has 25 heavy (non-hydrogen) atoms. The maximum atomic E-state index is 12.2. The fraction of sp³-hybridized carbons (Fsp3) is 0.389. The SMILES string of the molecule is CNC(=O)[C@@H](C)CN(C)C(=O)Nc1ccc(Cn2ccnc2C)cc1. The van der Waals surface area contributed by atoms with Crippen molar-refractivity contribution in [3.8, 4) is 0 Å². The van der Waals surface area contributed by atoms with Gasteiger partial charge in [-0.15, -0.1) is 0 Å². The summed E-state index contributed by atoms with van der Waals surface area (Å²) in [6, 6.07) is 7.45. The molecule has 0 aliphatic rings. The number of hydrogen-bond donors (Lipinski definition) is 2. The highest BCUT2D eigenvalue weighted by molar-refractivity contribution is 5.89. The molecule has 0 aliphatic heterocycles. The summed E-state index contributed by atoms with van der Waals surface area (Å²) in [6.07, 6.45) is 3.72. The van der Waals surface area contributed by atoms with Crippen molar-refractivity contribution < 1.29 is 9.59 Å². The molecule has 2 N–H and O–H groups in total. The van der Waals surface area contributed by atoms with E-state index in [9.17, 15) is 9.59 Å². The van der Waals surface area contributed by atoms with E-state index in [1.165, 1.54) is 4.90 Å². The molecular formula is C18H25N5O2. The summed E-state index contributed by atoms with van der Waals surface area (Å²) in [6.45, 7) is 4.84. The van der Waals surface area contributed by atoms with Gasteiger partial charge in [0.25, 0.3) is 0 Å². The van der Waals surface area contributed by atoms with Crippen LogP contribution in [0.25, 0.3) is 0 Å². The zero-order valence-electron chi connectivity index (χ0n) is 15.1. The van der Waals surface area contributed by atoms with E-state index in [4.69, 9.17) is 0 Å². The summed E-state index contributed by atoms with van der Waals surface area (Å²) in [5, 5.41) is 5.42. The highest BCUT2D eigenvalue weighted by Crippen LogP contribution is 2.12. The number of carbonyl (C=O) groups is 2. The number of hydrogen-bond acceptors (Lipinski definition) is 3. The van der Waals surface area contributed by atoms with Crippen molar-refractivity contribution in [2.45, 2.75) is 20.4 Å². The highest BCUT2D eigenvalue weighted by atomic mass is 16.2. The van der Waals surface area contributed by atoms with Gasteiger partial charge in [-0.05, 0) is 24.6 Å². The molecule has 0 saturated carbocycles. The first-order chi connectivity index (χ1) is 11.9. The Labute approximate surface area is 148 Å². The topological polar surface area (TPSA) is 79.3 Å². The van der Waals surface area contributed by atoms with Gasteiger partial charge in [-0.1, -0.05) is 19.1 Å². The van der Waals surface area contributed by atoms with E-state index in [0.29, 0.717) is 6.54 Å². The normalized spacial score (nSPS) is 11.7. The lowest BCUT2D eigenvalue weighted by Gasteiger charge is -2.21. The monoisotopic (exact) mass is 343 g/mol. The number of aryl methyl sites for hydroxylation is 1. The van der Waals surface area contributed by atoms with Crippen LogP contribution in [0.5, 0.6) is 0 Å². The number of nitrogens with zero attached hydrogens (tertiary/aromatic N) is 3. The molecule has 7 heteroatoms. The molecule has 0 unspecified atom stereocenters. The number of amides is 3. The predicted molar refractivity (Wildman–Crippen MR) is 97.4 cm³/mol. The van der Waals surface area contributed by atoms with E-state index in [2.05, 4.69) is 20.2 Å². The third-order valence-corrected chi connectivity index (χ3v) is 4.07. The second kappa shape index (κ2) is 8.32. The first-order valence-electron chi connectivity index (χ1n) is 8.21. The lowest BCUT2D eigenvalue weighted by molar-refractivity contribution is -0.124. The Hall–Kier alpha value is -2.83. The van der Waals surface area contributed by atoms with Crippen LogP contribution in [0.15, 0.2) is 36.7 Å². The Morgan fingerprint density at radius 3 is 2.52 bits per heavy atom. The molecule has 0 saturated heterocycles. The lowest BCUT2D eigenvalue weighted by atomic mass is 10.1. The number of nitrogens with one attached hydrogen (secondary N) is 2. The molecule has 0 fully saturated rings. The molecule has 0 radical (unpaired) electrons. The molecule has 0 bridgehead atoms. The van der Waals surface area contributed by atoms with Gasteiger partial charge >= 0.3 is 6.03 Å². The average molecular weight is 343 g/mol. The van der Waals surface area contributed by atoms with Gasteiger partial charge in [0, 0.05) is 45.3 Å². The van der Waals surface area contributed by atoms with Crippen LogP contribution >= 0.6 is 0 Å². The van der Waals surface area contributed by atoms with Gasteiger partial charge in [0.05, 0.1) is 5.92 Å². The Balaban J connectivity index is 1.90. The summed E-state index contributed by atoms with van der Waals surface area (Å²) in [5.74, 6) is 0.615. The Morgan fingerprint density at radius 2 is 1.96 bits per heavy atom. The molecule has 1 heterocycles. The van der Waals surface area contributed by atoms with E-state index in [-0.39, 0.29) is 17.9 Å². The summed E-state index contributed by atoms with van der Waals surface area (Å²) in [7, 11) is 3.26. The summed E-state index contributed by atoms with van der Waals surface area (Å²) < 4.78 is 2.06. The quantitative estimate of drug-likeness (QED) is 0.843. The van der Waals surface area contributed by atoms with Gasteiger partial charge in [-0.25, -0.2) is 9.78 Å². The minimum absolute atomic E-state index is 0.0844. The molecule has 134 valence electrons. The van der Waals surface area contributed by atoms with Crippen LogP contribution in [0, 0.1) is 12.8 Å². The van der Waals surface area contributed by atoms with Gasteiger partial charge in [0.15, 0.2) is 0 Å². The smallest absolute Gasteiger partial charge is 0.321 e. The molecule has 1 aromatic carbocycles. The van der Waals surface area contributed by atoms with E-state index < -0.39 is 0 Å². The number of urea groups is 1. The number of carbonyl (C=O) groups excluding carboxylic acids is 2. The van der Waals surface area contributed by atoms with E-state index >= 15 is 0 Å². The molecule has 7 nitrogen and oxygen atoms in total. The summed E-state index contributed by atoms with van der Waals surface area (Å²) in [5.41, 5.74) is 1.84. The number of imidazole rings is 1. The summed E-state index contributed by atoms with van der Waals surface area (Å²) in [4.78, 5) is 29.5. The molecule has 0 spiro atoms. The second-order valence-corrected chi connectivity index (χ2v) is 6.13. The minimum atomic E-state index is -0.262. The summed E-state index contributed by atoms with van der Waals surface area (Å²) >= 11 is 0. The van der Waals surface area contributed by atoms with Crippen LogP contribution in [0.4, 0.5) is 10.5 Å². The van der Waals surface area contributed by atoms with Crippen molar-refractivity contribution in [1.29, 1.82) is 0 Å². The Bertz CT molecular complexity index is 723. The predicted octanol–water partition coefficient (Wildman–Crippen LogP) is 2.09. The van der Waals surface area contributed by atoms with Crippen LogP contribution in [0.1, 0.15) is 18.3 Å². The highest BCUT2D eigenvalue weighted by Gasteiger charge is 2.17. The molecule has 1 atom stereocenters. The number of rotatable bonds is 6. The molecule has 2 rings (SSSR count). The van der Waals surface area contributed by atoms with Crippen molar-refractivity contribution in [2.24, 2.45) is 5.92 Å². The molecule has 2 aromatic rings. The van der Waals surface area contributed by atoms with Gasteiger partial charge in [0.2, 0.25) is 5.91 Å². The van der Waals surface area contributed by atoms with Gasteiger partial charge < -0.3 is 20.1 Å². The first kappa shape index (κ1) is 18.5. The maximum absolute atomic E-state index is 12.2. The standard InChI is InChI=1S/C18H25N5O2/c1-13(17(24)19-3)11-22(4)18(25)21-16-7-5-15(6-8-16)12-23-10-9-20-14(23)2/h5-10,13H,11-12H2,1-4H3,(H,19,24)(H,21,25)/t13-/m0/s1. The number of benzene rings is 1. The van der Waals surface area contributed by atoms with Crippen molar-refractivity contribution in [1.82, 2.24) is 19.8 Å². The van der Waals surface area contributed by atoms with Crippen molar-refractivity contribution >= 4 is 17.6 Å². The number of aromatic nitrogens is 2. The molecule has 0 aliphatic carbocycles. The van der Waals surface area contributed by atoms with Crippen LogP contribution in [0.2, 0.25) is 0 Å². The fourth-order valence-corrected chi connectivity index (χ4v) is 2.50. The second-order valence-electron chi connectivity index (χ2n) is 6.13. The van der Waals surface area contributed by atoms with E-state index in [1.54, 1.807) is 27.2 Å². The first-order valence-corrected chi connectivity index (χ1v) is 8.21. The zero-order chi connectivity index (χ0) is 18.4. The zero-order valence-corrected chi connectivity index (χ0v) is 15.1. The maximum Gasteiger partial charge on any atom is 0.321 e. The largest absolute Gasteiger partial charge is 0.359 e.